The Hall–Kier alpha value is -1.14. The SMILES string of the molecule is O=C(CN1CCOCC1CO)Nc1ccccc1Cl. The van der Waals surface area contributed by atoms with E-state index in [1.54, 1.807) is 12.1 Å². The van der Waals surface area contributed by atoms with Gasteiger partial charge in [-0.15, -0.1) is 0 Å². The third kappa shape index (κ3) is 3.91. The molecule has 0 saturated carbocycles. The summed E-state index contributed by atoms with van der Waals surface area (Å²) in [6, 6.07) is 6.98. The van der Waals surface area contributed by atoms with Crippen LogP contribution in [0.3, 0.4) is 0 Å². The molecule has 1 saturated heterocycles. The van der Waals surface area contributed by atoms with Gasteiger partial charge < -0.3 is 15.2 Å². The molecular weight excluding hydrogens is 268 g/mol. The number of hydrogen-bond acceptors (Lipinski definition) is 4. The van der Waals surface area contributed by atoms with E-state index in [2.05, 4.69) is 5.32 Å². The molecule has 2 N–H and O–H groups in total. The molecule has 0 aliphatic carbocycles. The van der Waals surface area contributed by atoms with Crippen LogP contribution in [-0.2, 0) is 9.53 Å². The van der Waals surface area contributed by atoms with E-state index < -0.39 is 0 Å². The lowest BCUT2D eigenvalue weighted by Crippen LogP contribution is -2.50. The van der Waals surface area contributed by atoms with E-state index in [1.807, 2.05) is 17.0 Å². The predicted molar refractivity (Wildman–Crippen MR) is 73.3 cm³/mol. The number of aliphatic hydroxyl groups is 1. The number of amides is 1. The zero-order valence-electron chi connectivity index (χ0n) is 10.5. The van der Waals surface area contributed by atoms with Crippen molar-refractivity contribution in [3.05, 3.63) is 29.3 Å². The minimum absolute atomic E-state index is 0.0145. The van der Waals surface area contributed by atoms with Crippen molar-refractivity contribution < 1.29 is 14.6 Å². The van der Waals surface area contributed by atoms with E-state index in [-0.39, 0.29) is 25.1 Å². The van der Waals surface area contributed by atoms with E-state index >= 15 is 0 Å². The van der Waals surface area contributed by atoms with Gasteiger partial charge >= 0.3 is 0 Å². The molecule has 2 rings (SSSR count). The summed E-state index contributed by atoms with van der Waals surface area (Å²) in [5, 5.41) is 12.5. The Kier molecular flexibility index (Phi) is 5.15. The van der Waals surface area contributed by atoms with Crippen LogP contribution >= 0.6 is 11.6 Å². The number of para-hydroxylation sites is 1. The molecule has 0 aromatic heterocycles. The van der Waals surface area contributed by atoms with Crippen molar-refractivity contribution in [2.45, 2.75) is 6.04 Å². The van der Waals surface area contributed by atoms with Crippen molar-refractivity contribution in [1.29, 1.82) is 0 Å². The van der Waals surface area contributed by atoms with Gasteiger partial charge in [0.25, 0.3) is 0 Å². The number of anilines is 1. The molecule has 0 bridgehead atoms. The lowest BCUT2D eigenvalue weighted by Gasteiger charge is -2.33. The van der Waals surface area contributed by atoms with E-state index in [0.29, 0.717) is 30.5 Å². The third-order valence-electron chi connectivity index (χ3n) is 3.05. The predicted octanol–water partition coefficient (Wildman–Crippen LogP) is 0.972. The monoisotopic (exact) mass is 284 g/mol. The van der Waals surface area contributed by atoms with Gasteiger partial charge in [-0.05, 0) is 12.1 Å². The number of carbonyl (C=O) groups is 1. The van der Waals surface area contributed by atoms with Crippen LogP contribution in [0.15, 0.2) is 24.3 Å². The highest BCUT2D eigenvalue weighted by molar-refractivity contribution is 6.33. The van der Waals surface area contributed by atoms with E-state index in [4.69, 9.17) is 16.3 Å². The highest BCUT2D eigenvalue weighted by atomic mass is 35.5. The maximum Gasteiger partial charge on any atom is 0.238 e. The maximum absolute atomic E-state index is 12.0. The zero-order chi connectivity index (χ0) is 13.7. The smallest absolute Gasteiger partial charge is 0.238 e. The molecule has 6 heteroatoms. The molecule has 1 aromatic carbocycles. The second kappa shape index (κ2) is 6.86. The summed E-state index contributed by atoms with van der Waals surface area (Å²) in [7, 11) is 0. The average Bonchev–Trinajstić information content (AvgIpc) is 2.42. The molecule has 1 aromatic rings. The summed E-state index contributed by atoms with van der Waals surface area (Å²) in [6.45, 7) is 1.88. The van der Waals surface area contributed by atoms with Crippen LogP contribution < -0.4 is 5.32 Å². The van der Waals surface area contributed by atoms with Gasteiger partial charge in [-0.1, -0.05) is 23.7 Å². The fraction of sp³-hybridized carbons (Fsp3) is 0.462. The van der Waals surface area contributed by atoms with Crippen LogP contribution in [0.2, 0.25) is 5.02 Å². The normalized spacial score (nSPS) is 20.2. The second-order valence-electron chi connectivity index (χ2n) is 4.41. The fourth-order valence-corrected chi connectivity index (χ4v) is 2.19. The van der Waals surface area contributed by atoms with Gasteiger partial charge in [0, 0.05) is 6.54 Å². The van der Waals surface area contributed by atoms with E-state index in [1.165, 1.54) is 0 Å². The van der Waals surface area contributed by atoms with Crippen LogP contribution in [0.4, 0.5) is 5.69 Å². The van der Waals surface area contributed by atoms with E-state index in [0.717, 1.165) is 0 Å². The Morgan fingerprint density at radius 3 is 3.05 bits per heavy atom. The Morgan fingerprint density at radius 2 is 2.32 bits per heavy atom. The third-order valence-corrected chi connectivity index (χ3v) is 3.38. The lowest BCUT2D eigenvalue weighted by atomic mass is 10.2. The summed E-state index contributed by atoms with van der Waals surface area (Å²) >= 11 is 5.98. The molecule has 1 amide bonds. The lowest BCUT2D eigenvalue weighted by molar-refractivity contribution is -0.120. The van der Waals surface area contributed by atoms with Crippen LogP contribution in [0.25, 0.3) is 0 Å². The fourth-order valence-electron chi connectivity index (χ4n) is 2.00. The number of ether oxygens (including phenoxy) is 1. The Morgan fingerprint density at radius 1 is 1.53 bits per heavy atom. The summed E-state index contributed by atoms with van der Waals surface area (Å²) in [6.07, 6.45) is 0. The summed E-state index contributed by atoms with van der Waals surface area (Å²) in [4.78, 5) is 13.9. The highest BCUT2D eigenvalue weighted by Gasteiger charge is 2.24. The number of nitrogens with one attached hydrogen (secondary N) is 1. The first-order valence-corrected chi connectivity index (χ1v) is 6.55. The molecule has 1 aliphatic heterocycles. The first kappa shape index (κ1) is 14.3. The number of rotatable bonds is 4. The van der Waals surface area contributed by atoms with Gasteiger partial charge in [0.1, 0.15) is 0 Å². The number of benzene rings is 1. The van der Waals surface area contributed by atoms with Gasteiger partial charge in [0.2, 0.25) is 5.91 Å². The van der Waals surface area contributed by atoms with Crippen LogP contribution in [-0.4, -0.2) is 54.9 Å². The van der Waals surface area contributed by atoms with Crippen LogP contribution in [0, 0.1) is 0 Å². The quantitative estimate of drug-likeness (QED) is 0.865. The molecule has 1 aliphatic rings. The largest absolute Gasteiger partial charge is 0.395 e. The molecular formula is C13H17ClN2O3. The second-order valence-corrected chi connectivity index (χ2v) is 4.82. The summed E-state index contributed by atoms with van der Waals surface area (Å²) in [5.74, 6) is -0.145. The van der Waals surface area contributed by atoms with Crippen molar-refractivity contribution in [2.24, 2.45) is 0 Å². The van der Waals surface area contributed by atoms with Crippen molar-refractivity contribution >= 4 is 23.2 Å². The number of hydrogen-bond donors (Lipinski definition) is 2. The van der Waals surface area contributed by atoms with E-state index in [9.17, 15) is 9.90 Å². The standard InChI is InChI=1S/C13H17ClN2O3/c14-11-3-1-2-4-12(11)15-13(18)7-16-5-6-19-9-10(16)8-17/h1-4,10,17H,5-9H2,(H,15,18). The first-order valence-electron chi connectivity index (χ1n) is 6.17. The minimum atomic E-state index is -0.145. The van der Waals surface area contributed by atoms with Gasteiger partial charge in [0.15, 0.2) is 0 Å². The average molecular weight is 285 g/mol. The molecule has 5 nitrogen and oxygen atoms in total. The minimum Gasteiger partial charge on any atom is -0.395 e. The number of halogens is 1. The molecule has 104 valence electrons. The van der Waals surface area contributed by atoms with Gasteiger partial charge in [-0.2, -0.15) is 0 Å². The molecule has 1 heterocycles. The number of morpholine rings is 1. The molecule has 1 atom stereocenters. The van der Waals surface area contributed by atoms with Gasteiger partial charge in [-0.25, -0.2) is 0 Å². The Labute approximate surface area is 117 Å². The number of aliphatic hydroxyl groups excluding tert-OH is 1. The van der Waals surface area contributed by atoms with Gasteiger partial charge in [-0.3, -0.25) is 9.69 Å². The number of carbonyl (C=O) groups excluding carboxylic acids is 1. The Bertz CT molecular complexity index is 442. The van der Waals surface area contributed by atoms with Crippen LogP contribution in [0.5, 0.6) is 0 Å². The van der Waals surface area contributed by atoms with Crippen molar-refractivity contribution in [1.82, 2.24) is 4.90 Å². The van der Waals surface area contributed by atoms with Crippen molar-refractivity contribution in [3.8, 4) is 0 Å². The highest BCUT2D eigenvalue weighted by Crippen LogP contribution is 2.20. The molecule has 0 radical (unpaired) electrons. The van der Waals surface area contributed by atoms with Crippen molar-refractivity contribution in [3.63, 3.8) is 0 Å². The zero-order valence-corrected chi connectivity index (χ0v) is 11.3. The maximum atomic E-state index is 12.0. The molecule has 0 spiro atoms. The number of nitrogens with zero attached hydrogens (tertiary/aromatic N) is 1. The molecule has 1 fully saturated rings. The topological polar surface area (TPSA) is 61.8 Å². The van der Waals surface area contributed by atoms with Crippen molar-refractivity contribution in [2.75, 3.05) is 38.2 Å². The molecule has 1 unspecified atom stereocenters. The Balaban J connectivity index is 1.92. The van der Waals surface area contributed by atoms with Crippen LogP contribution in [0.1, 0.15) is 0 Å². The molecule has 19 heavy (non-hydrogen) atoms. The summed E-state index contributed by atoms with van der Waals surface area (Å²) in [5.41, 5.74) is 0.600. The summed E-state index contributed by atoms with van der Waals surface area (Å²) < 4.78 is 5.27. The van der Waals surface area contributed by atoms with Gasteiger partial charge in [0.05, 0.1) is 43.1 Å². The first-order chi connectivity index (χ1) is 9.20.